The molecule has 0 unspecified atom stereocenters. The zero-order valence-electron chi connectivity index (χ0n) is 12.1. The van der Waals surface area contributed by atoms with E-state index in [4.69, 9.17) is 16.3 Å². The first kappa shape index (κ1) is 16.7. The van der Waals surface area contributed by atoms with Crippen molar-refractivity contribution in [1.82, 2.24) is 10.6 Å². The third kappa shape index (κ3) is 3.96. The smallest absolute Gasteiger partial charge is 0.319 e. The minimum atomic E-state index is -0.680. The van der Waals surface area contributed by atoms with Crippen molar-refractivity contribution in [3.05, 3.63) is 47.1 Å². The summed E-state index contributed by atoms with van der Waals surface area (Å²) in [6.45, 7) is 4.11. The molecule has 1 aromatic rings. The number of carbonyl (C=O) groups excluding carboxylic acids is 2. The van der Waals surface area contributed by atoms with Crippen molar-refractivity contribution in [3.8, 4) is 0 Å². The van der Waals surface area contributed by atoms with Crippen LogP contribution < -0.4 is 10.6 Å². The molecule has 1 saturated heterocycles. The predicted octanol–water partition coefficient (Wildman–Crippen LogP) is 2.73. The predicted molar refractivity (Wildman–Crippen MR) is 87.8 cm³/mol. The Bertz CT molecular complexity index is 577. The average molecular weight is 341 g/mol. The molecule has 1 aromatic carbocycles. The highest BCUT2D eigenvalue weighted by Crippen LogP contribution is 2.31. The van der Waals surface area contributed by atoms with Crippen LogP contribution in [0.25, 0.3) is 0 Å². The number of halogens is 1. The van der Waals surface area contributed by atoms with Gasteiger partial charge in [-0.1, -0.05) is 30.3 Å². The fraction of sp³-hybridized carbons (Fsp3) is 0.333. The average Bonchev–Trinajstić information content (AvgIpc) is 2.47. The van der Waals surface area contributed by atoms with Crippen LogP contribution in [0.1, 0.15) is 11.6 Å². The van der Waals surface area contributed by atoms with Gasteiger partial charge in [-0.25, -0.2) is 4.79 Å². The number of urea groups is 1. The number of nitrogens with one attached hydrogen (secondary N) is 2. The molecular formula is C15H17ClN2O3S. The van der Waals surface area contributed by atoms with E-state index in [-0.39, 0.29) is 0 Å². The molecule has 0 aromatic heterocycles. The second kappa shape index (κ2) is 7.56. The highest BCUT2D eigenvalue weighted by atomic mass is 35.5. The van der Waals surface area contributed by atoms with E-state index >= 15 is 0 Å². The normalized spacial score (nSPS) is 21.0. The fourth-order valence-corrected chi connectivity index (χ4v) is 2.60. The Morgan fingerprint density at radius 3 is 2.73 bits per heavy atom. The summed E-state index contributed by atoms with van der Waals surface area (Å²) in [6.07, 6.45) is 1.94. The first-order valence-corrected chi connectivity index (χ1v) is 8.47. The highest BCUT2D eigenvalue weighted by molar-refractivity contribution is 7.98. The molecule has 7 heteroatoms. The number of amides is 2. The van der Waals surface area contributed by atoms with E-state index in [1.807, 2.05) is 6.26 Å². The van der Waals surface area contributed by atoms with Crippen molar-refractivity contribution < 1.29 is 14.3 Å². The number of benzene rings is 1. The zero-order chi connectivity index (χ0) is 16.1. The molecule has 2 N–H and O–H groups in total. The van der Waals surface area contributed by atoms with Gasteiger partial charge < -0.3 is 15.4 Å². The monoisotopic (exact) mass is 340 g/mol. The molecule has 0 bridgehead atoms. The Balaban J connectivity index is 2.21. The maximum atomic E-state index is 12.3. The Kier molecular flexibility index (Phi) is 5.74. The lowest BCUT2D eigenvalue weighted by Gasteiger charge is -2.33. The number of carbonyl (C=O) groups is 2. The summed E-state index contributed by atoms with van der Waals surface area (Å²) < 4.78 is 5.27. The summed E-state index contributed by atoms with van der Waals surface area (Å²) in [5, 5.41) is 5.86. The van der Waals surface area contributed by atoms with Crippen molar-refractivity contribution in [2.75, 3.05) is 18.6 Å². The molecule has 2 amide bonds. The highest BCUT2D eigenvalue weighted by Gasteiger charge is 2.38. The van der Waals surface area contributed by atoms with Crippen LogP contribution in [0.15, 0.2) is 36.5 Å². The second-order valence-corrected chi connectivity index (χ2v) is 6.21. The van der Waals surface area contributed by atoms with Gasteiger partial charge in [-0.05, 0) is 24.0 Å². The van der Waals surface area contributed by atoms with Crippen molar-refractivity contribution >= 4 is 35.4 Å². The molecule has 0 spiro atoms. The van der Waals surface area contributed by atoms with E-state index < -0.39 is 24.0 Å². The molecule has 2 atom stereocenters. The standard InChI is InChI=1S/C15H17ClN2O3S/c1-9-12(14(19)21-7-8-22-2)13(18-15(20)17-9)10-3-5-11(16)6-4-10/h3-6,12-13H,1,7-8H2,2H3,(H2,17,18,20)/t12-,13+/m0/s1. The maximum absolute atomic E-state index is 12.3. The van der Waals surface area contributed by atoms with Gasteiger partial charge in [-0.15, -0.1) is 0 Å². The second-order valence-electron chi connectivity index (χ2n) is 4.79. The van der Waals surface area contributed by atoms with E-state index in [1.54, 1.807) is 36.0 Å². The molecular weight excluding hydrogens is 324 g/mol. The SMILES string of the molecule is C=C1NC(=O)N[C@H](c2ccc(Cl)cc2)[C@H]1C(=O)OCCSC. The van der Waals surface area contributed by atoms with Gasteiger partial charge >= 0.3 is 12.0 Å². The molecule has 1 heterocycles. The molecule has 1 fully saturated rings. The minimum absolute atomic E-state index is 0.324. The quantitative estimate of drug-likeness (QED) is 0.639. The van der Waals surface area contributed by atoms with Crippen molar-refractivity contribution in [3.63, 3.8) is 0 Å². The fourth-order valence-electron chi connectivity index (χ4n) is 2.23. The van der Waals surface area contributed by atoms with Gasteiger partial charge in [0.05, 0.1) is 6.04 Å². The third-order valence-corrected chi connectivity index (χ3v) is 4.11. The Morgan fingerprint density at radius 2 is 2.09 bits per heavy atom. The number of ether oxygens (including phenoxy) is 1. The summed E-state index contributed by atoms with van der Waals surface area (Å²) >= 11 is 7.47. The molecule has 1 aliphatic heterocycles. The van der Waals surface area contributed by atoms with Crippen molar-refractivity contribution in [1.29, 1.82) is 0 Å². The number of hydrogen-bond donors (Lipinski definition) is 2. The first-order valence-electron chi connectivity index (χ1n) is 6.70. The summed E-state index contributed by atoms with van der Waals surface area (Å²) in [6, 6.07) is 6.05. The Hall–Kier alpha value is -1.66. The van der Waals surface area contributed by atoms with E-state index in [0.717, 1.165) is 11.3 Å². The van der Waals surface area contributed by atoms with Crippen LogP contribution in [0.4, 0.5) is 4.79 Å². The zero-order valence-corrected chi connectivity index (χ0v) is 13.7. The molecule has 22 heavy (non-hydrogen) atoms. The molecule has 2 rings (SSSR count). The number of esters is 1. The number of hydrogen-bond acceptors (Lipinski definition) is 4. The lowest BCUT2D eigenvalue weighted by Crippen LogP contribution is -2.51. The van der Waals surface area contributed by atoms with Crippen LogP contribution in [0.2, 0.25) is 5.02 Å². The van der Waals surface area contributed by atoms with Crippen LogP contribution in [0, 0.1) is 5.92 Å². The largest absolute Gasteiger partial charge is 0.464 e. The van der Waals surface area contributed by atoms with Crippen LogP contribution in [-0.2, 0) is 9.53 Å². The van der Waals surface area contributed by atoms with Gasteiger partial charge in [-0.2, -0.15) is 11.8 Å². The lowest BCUT2D eigenvalue weighted by molar-refractivity contribution is -0.147. The molecule has 5 nitrogen and oxygen atoms in total. The molecule has 0 aliphatic carbocycles. The summed E-state index contributed by atoms with van der Waals surface area (Å²) in [5.41, 5.74) is 1.10. The van der Waals surface area contributed by atoms with E-state index in [9.17, 15) is 9.59 Å². The maximum Gasteiger partial charge on any atom is 0.319 e. The summed E-state index contributed by atoms with van der Waals surface area (Å²) in [4.78, 5) is 24.0. The summed E-state index contributed by atoms with van der Waals surface area (Å²) in [7, 11) is 0. The third-order valence-electron chi connectivity index (χ3n) is 3.28. The Morgan fingerprint density at radius 1 is 1.41 bits per heavy atom. The van der Waals surface area contributed by atoms with E-state index in [0.29, 0.717) is 17.3 Å². The van der Waals surface area contributed by atoms with Crippen LogP contribution >= 0.6 is 23.4 Å². The van der Waals surface area contributed by atoms with E-state index in [2.05, 4.69) is 17.2 Å². The summed E-state index contributed by atoms with van der Waals surface area (Å²) in [5.74, 6) is -0.372. The molecule has 1 aliphatic rings. The lowest BCUT2D eigenvalue weighted by atomic mass is 9.89. The van der Waals surface area contributed by atoms with Crippen LogP contribution in [0.5, 0.6) is 0 Å². The molecule has 118 valence electrons. The Labute approximate surface area is 138 Å². The van der Waals surface area contributed by atoms with Gasteiger partial charge in [-0.3, -0.25) is 4.79 Å². The minimum Gasteiger partial charge on any atom is -0.464 e. The topological polar surface area (TPSA) is 67.4 Å². The van der Waals surface area contributed by atoms with E-state index in [1.165, 1.54) is 0 Å². The van der Waals surface area contributed by atoms with Gasteiger partial charge in [0.2, 0.25) is 0 Å². The van der Waals surface area contributed by atoms with Crippen molar-refractivity contribution in [2.45, 2.75) is 6.04 Å². The van der Waals surface area contributed by atoms with Gasteiger partial charge in [0.1, 0.15) is 12.5 Å². The number of thioether (sulfide) groups is 1. The number of rotatable bonds is 5. The molecule has 0 radical (unpaired) electrons. The van der Waals surface area contributed by atoms with Gasteiger partial charge in [0.15, 0.2) is 0 Å². The van der Waals surface area contributed by atoms with Gasteiger partial charge in [0, 0.05) is 16.5 Å². The van der Waals surface area contributed by atoms with Crippen LogP contribution in [0.3, 0.4) is 0 Å². The van der Waals surface area contributed by atoms with Crippen molar-refractivity contribution in [2.24, 2.45) is 5.92 Å². The first-order chi connectivity index (χ1) is 10.5. The van der Waals surface area contributed by atoms with Crippen LogP contribution in [-0.4, -0.2) is 30.6 Å². The molecule has 0 saturated carbocycles. The van der Waals surface area contributed by atoms with Gasteiger partial charge in [0.25, 0.3) is 0 Å².